The van der Waals surface area contributed by atoms with Crippen LogP contribution in [0.15, 0.2) is 35.0 Å². The zero-order valence-electron chi connectivity index (χ0n) is 15.6. The number of ether oxygens (including phenoxy) is 1. The molecule has 0 saturated heterocycles. The highest BCUT2D eigenvalue weighted by molar-refractivity contribution is 5.99. The van der Waals surface area contributed by atoms with Crippen LogP contribution in [0.4, 0.5) is 0 Å². The lowest BCUT2D eigenvalue weighted by Crippen LogP contribution is -2.41. The van der Waals surface area contributed by atoms with Crippen LogP contribution in [0.1, 0.15) is 40.6 Å². The molecule has 1 atom stereocenters. The topological polar surface area (TPSA) is 89.5 Å². The second kappa shape index (κ2) is 6.74. The summed E-state index contributed by atoms with van der Waals surface area (Å²) in [6, 6.07) is 5.31. The number of furan rings is 1. The molecule has 7 heteroatoms. The number of amides is 1. The van der Waals surface area contributed by atoms with E-state index in [1.165, 1.54) is 0 Å². The summed E-state index contributed by atoms with van der Waals surface area (Å²) in [5.41, 5.74) is 2.34. The molecule has 142 valence electrons. The molecule has 2 N–H and O–H groups in total. The van der Waals surface area contributed by atoms with Crippen LogP contribution in [0, 0.1) is 12.8 Å². The maximum Gasteiger partial charge on any atom is 0.287 e. The van der Waals surface area contributed by atoms with Crippen molar-refractivity contribution in [3.63, 3.8) is 0 Å². The average molecular weight is 369 g/mol. The normalized spacial score (nSPS) is 20.3. The first-order chi connectivity index (χ1) is 13.0. The molecule has 2 heterocycles. The molecular weight excluding hydrogens is 346 g/mol. The summed E-state index contributed by atoms with van der Waals surface area (Å²) < 4.78 is 12.8. The Morgan fingerprint density at radius 3 is 2.85 bits per heavy atom. The van der Waals surface area contributed by atoms with Gasteiger partial charge >= 0.3 is 0 Å². The molecule has 1 aromatic carbocycles. The van der Waals surface area contributed by atoms with Crippen molar-refractivity contribution in [2.24, 2.45) is 13.0 Å². The maximum atomic E-state index is 13.0. The molecule has 1 aliphatic rings. The van der Waals surface area contributed by atoms with E-state index >= 15 is 0 Å². The van der Waals surface area contributed by atoms with Crippen LogP contribution < -0.4 is 10.1 Å². The largest absolute Gasteiger partial charge is 0.497 e. The van der Waals surface area contributed by atoms with Crippen molar-refractivity contribution in [3.05, 3.63) is 47.5 Å². The summed E-state index contributed by atoms with van der Waals surface area (Å²) >= 11 is 0. The molecule has 7 nitrogen and oxygen atoms in total. The Balaban J connectivity index is 1.62. The summed E-state index contributed by atoms with van der Waals surface area (Å²) in [5, 5.41) is 17.9. The number of rotatable bonds is 5. The number of nitrogens with zero attached hydrogens (tertiary/aromatic N) is 2. The van der Waals surface area contributed by atoms with Crippen LogP contribution in [0.25, 0.3) is 11.0 Å². The van der Waals surface area contributed by atoms with Crippen LogP contribution in [-0.2, 0) is 7.05 Å². The quantitative estimate of drug-likeness (QED) is 0.722. The van der Waals surface area contributed by atoms with Gasteiger partial charge in [0.05, 0.1) is 25.5 Å². The van der Waals surface area contributed by atoms with E-state index in [4.69, 9.17) is 9.15 Å². The Hall–Kier alpha value is -2.80. The standard InChI is InChI=1S/C20H23N3O4/c1-11-16-5-4-15(26-3)8-17(16)27-19(11)20(25)22-18(12-6-14(24)7-12)13-9-21-23(2)10-13/h4-5,8-10,12,14,18,24H,6-7H2,1-3H3,(H,22,25)/t12?,14?,18-/m0/s1. The van der Waals surface area contributed by atoms with Gasteiger partial charge in [-0.3, -0.25) is 9.48 Å². The van der Waals surface area contributed by atoms with E-state index in [1.807, 2.05) is 32.3 Å². The van der Waals surface area contributed by atoms with Crippen molar-refractivity contribution in [3.8, 4) is 5.75 Å². The van der Waals surface area contributed by atoms with Gasteiger partial charge in [0.15, 0.2) is 5.76 Å². The summed E-state index contributed by atoms with van der Waals surface area (Å²) in [6.45, 7) is 1.87. The van der Waals surface area contributed by atoms with Gasteiger partial charge in [-0.15, -0.1) is 0 Å². The third-order valence-electron chi connectivity index (χ3n) is 5.34. The van der Waals surface area contributed by atoms with Crippen LogP contribution >= 0.6 is 0 Å². The number of benzene rings is 1. The predicted molar refractivity (Wildman–Crippen MR) is 99.6 cm³/mol. The van der Waals surface area contributed by atoms with Gasteiger partial charge in [-0.25, -0.2) is 0 Å². The average Bonchev–Trinajstić information content (AvgIpc) is 3.20. The number of aryl methyl sites for hydroxylation is 2. The predicted octanol–water partition coefficient (Wildman–Crippen LogP) is 2.73. The third kappa shape index (κ3) is 3.19. The Labute approximate surface area is 156 Å². The lowest BCUT2D eigenvalue weighted by molar-refractivity contribution is 0.0232. The third-order valence-corrected chi connectivity index (χ3v) is 5.34. The van der Waals surface area contributed by atoms with Crippen molar-refractivity contribution in [2.45, 2.75) is 31.9 Å². The van der Waals surface area contributed by atoms with Gasteiger partial charge in [0.1, 0.15) is 11.3 Å². The molecule has 0 spiro atoms. The lowest BCUT2D eigenvalue weighted by Gasteiger charge is -2.37. The first-order valence-electron chi connectivity index (χ1n) is 9.01. The number of aromatic nitrogens is 2. The molecule has 3 aromatic rings. The van der Waals surface area contributed by atoms with Crippen molar-refractivity contribution < 1.29 is 19.1 Å². The van der Waals surface area contributed by atoms with Crippen molar-refractivity contribution in [1.82, 2.24) is 15.1 Å². The van der Waals surface area contributed by atoms with Crippen molar-refractivity contribution in [2.75, 3.05) is 7.11 Å². The fourth-order valence-corrected chi connectivity index (χ4v) is 3.73. The van der Waals surface area contributed by atoms with E-state index in [-0.39, 0.29) is 24.0 Å². The molecule has 0 aliphatic heterocycles. The number of fused-ring (bicyclic) bond motifs is 1. The van der Waals surface area contributed by atoms with Crippen molar-refractivity contribution >= 4 is 16.9 Å². The van der Waals surface area contributed by atoms with Crippen LogP contribution in [0.5, 0.6) is 5.75 Å². The number of hydrogen-bond acceptors (Lipinski definition) is 5. The Bertz CT molecular complexity index is 984. The fraction of sp³-hybridized carbons (Fsp3) is 0.400. The molecule has 1 saturated carbocycles. The minimum atomic E-state index is -0.300. The van der Waals surface area contributed by atoms with Gasteiger partial charge in [-0.2, -0.15) is 5.10 Å². The first-order valence-corrected chi connectivity index (χ1v) is 9.01. The lowest BCUT2D eigenvalue weighted by atomic mass is 9.75. The van der Waals surface area contributed by atoms with E-state index in [2.05, 4.69) is 10.4 Å². The number of methoxy groups -OCH3 is 1. The highest BCUT2D eigenvalue weighted by Crippen LogP contribution is 2.38. The number of carbonyl (C=O) groups is 1. The first kappa shape index (κ1) is 17.6. The van der Waals surface area contributed by atoms with Gasteiger partial charge in [-0.1, -0.05) is 0 Å². The Morgan fingerprint density at radius 1 is 1.44 bits per heavy atom. The second-order valence-electron chi connectivity index (χ2n) is 7.20. The number of nitrogens with one attached hydrogen (secondary N) is 1. The molecule has 4 rings (SSSR count). The monoisotopic (exact) mass is 369 g/mol. The summed E-state index contributed by atoms with van der Waals surface area (Å²) in [7, 11) is 3.44. The van der Waals surface area contributed by atoms with E-state index in [9.17, 15) is 9.90 Å². The highest BCUT2D eigenvalue weighted by atomic mass is 16.5. The van der Waals surface area contributed by atoms with E-state index < -0.39 is 0 Å². The summed E-state index contributed by atoms with van der Waals surface area (Å²) in [6.07, 6.45) is 4.68. The molecule has 0 radical (unpaired) electrons. The fourth-order valence-electron chi connectivity index (χ4n) is 3.73. The Kier molecular flexibility index (Phi) is 4.39. The van der Waals surface area contributed by atoms with E-state index in [1.54, 1.807) is 24.1 Å². The van der Waals surface area contributed by atoms with Gasteiger partial charge in [-0.05, 0) is 37.8 Å². The minimum absolute atomic E-state index is 0.179. The van der Waals surface area contributed by atoms with Crippen LogP contribution in [-0.4, -0.2) is 34.0 Å². The molecule has 1 fully saturated rings. The smallest absolute Gasteiger partial charge is 0.287 e. The zero-order valence-corrected chi connectivity index (χ0v) is 15.6. The van der Waals surface area contributed by atoms with Gasteiger partial charge in [0, 0.05) is 35.8 Å². The van der Waals surface area contributed by atoms with Crippen LogP contribution in [0.2, 0.25) is 0 Å². The SMILES string of the molecule is COc1ccc2c(C)c(C(=O)N[C@H](c3cnn(C)c3)C3CC(O)C3)oc2c1. The summed E-state index contributed by atoms with van der Waals surface area (Å²) in [5.74, 6) is 0.891. The molecule has 1 aliphatic carbocycles. The highest BCUT2D eigenvalue weighted by Gasteiger charge is 2.37. The number of carbonyl (C=O) groups excluding carboxylic acids is 1. The van der Waals surface area contributed by atoms with E-state index in [0.717, 1.165) is 16.5 Å². The van der Waals surface area contributed by atoms with Crippen molar-refractivity contribution in [1.29, 1.82) is 0 Å². The van der Waals surface area contributed by atoms with E-state index in [0.29, 0.717) is 29.9 Å². The zero-order chi connectivity index (χ0) is 19.1. The molecule has 27 heavy (non-hydrogen) atoms. The molecule has 0 bridgehead atoms. The molecule has 1 amide bonds. The Morgan fingerprint density at radius 2 is 2.22 bits per heavy atom. The molecular formula is C20H23N3O4. The number of aliphatic hydroxyl groups excluding tert-OH is 1. The minimum Gasteiger partial charge on any atom is -0.497 e. The van der Waals surface area contributed by atoms with Gasteiger partial charge in [0.25, 0.3) is 5.91 Å². The van der Waals surface area contributed by atoms with Gasteiger partial charge < -0.3 is 19.6 Å². The number of hydrogen-bond donors (Lipinski definition) is 2. The summed E-state index contributed by atoms with van der Waals surface area (Å²) in [4.78, 5) is 13.0. The number of aliphatic hydroxyl groups is 1. The maximum absolute atomic E-state index is 13.0. The molecule has 2 aromatic heterocycles. The van der Waals surface area contributed by atoms with Crippen LogP contribution in [0.3, 0.4) is 0 Å². The molecule has 0 unspecified atom stereocenters. The van der Waals surface area contributed by atoms with Gasteiger partial charge in [0.2, 0.25) is 0 Å². The second-order valence-corrected chi connectivity index (χ2v) is 7.20.